The number of fused-ring (bicyclic) bond motifs is 1. The van der Waals surface area contributed by atoms with Gasteiger partial charge < -0.3 is 10.1 Å². The minimum absolute atomic E-state index is 0.0708. The maximum Gasteiger partial charge on any atom is 0.228 e. The molecule has 114 valence electrons. The number of rotatable bonds is 4. The molecule has 0 saturated heterocycles. The van der Waals surface area contributed by atoms with Crippen LogP contribution in [-0.4, -0.2) is 13.0 Å². The zero-order valence-electron chi connectivity index (χ0n) is 12.5. The number of aryl methyl sites for hydroxylation is 2. The Labute approximate surface area is 135 Å². The number of hydrogen-bond donors (Lipinski definition) is 1. The van der Waals surface area contributed by atoms with Crippen LogP contribution in [0.25, 0.3) is 0 Å². The van der Waals surface area contributed by atoms with Crippen molar-refractivity contribution in [1.82, 2.24) is 0 Å². The molecule has 0 aromatic heterocycles. The molecule has 0 aliphatic heterocycles. The summed E-state index contributed by atoms with van der Waals surface area (Å²) in [6.45, 7) is 0. The summed E-state index contributed by atoms with van der Waals surface area (Å²) in [7, 11) is 1.59. The summed E-state index contributed by atoms with van der Waals surface area (Å²) in [4.78, 5) is 12.3. The molecular formula is C18H18ClNO2. The van der Waals surface area contributed by atoms with E-state index in [9.17, 15) is 4.79 Å². The third-order valence-electron chi connectivity index (χ3n) is 3.98. The SMILES string of the molecule is COc1ccc(Cl)cc1CC(=O)Nc1ccc2c(c1)CCC2. The standard InChI is InChI=1S/C18H18ClNO2/c1-22-17-8-6-15(19)9-14(17)11-18(21)20-16-7-5-12-3-2-4-13(12)10-16/h5-10H,2-4,11H2,1H3,(H,20,21). The van der Waals surface area contributed by atoms with Gasteiger partial charge in [-0.05, 0) is 60.7 Å². The predicted octanol–water partition coefficient (Wildman–Crippen LogP) is 4.02. The number of anilines is 1. The third-order valence-corrected chi connectivity index (χ3v) is 4.21. The van der Waals surface area contributed by atoms with Crippen molar-refractivity contribution in [2.75, 3.05) is 12.4 Å². The van der Waals surface area contributed by atoms with Crippen LogP contribution in [0, 0.1) is 0 Å². The molecule has 22 heavy (non-hydrogen) atoms. The molecule has 1 N–H and O–H groups in total. The van der Waals surface area contributed by atoms with Crippen LogP contribution in [0.2, 0.25) is 5.02 Å². The van der Waals surface area contributed by atoms with Crippen molar-refractivity contribution in [3.63, 3.8) is 0 Å². The summed E-state index contributed by atoms with van der Waals surface area (Å²) in [5.74, 6) is 0.604. The number of carbonyl (C=O) groups excluding carboxylic acids is 1. The number of methoxy groups -OCH3 is 1. The Balaban J connectivity index is 1.71. The highest BCUT2D eigenvalue weighted by Crippen LogP contribution is 2.26. The molecule has 0 spiro atoms. The first-order chi connectivity index (χ1) is 10.7. The van der Waals surface area contributed by atoms with Crippen LogP contribution in [0.5, 0.6) is 5.75 Å². The minimum atomic E-state index is -0.0708. The maximum atomic E-state index is 12.3. The molecule has 3 rings (SSSR count). The topological polar surface area (TPSA) is 38.3 Å². The van der Waals surface area contributed by atoms with Crippen LogP contribution in [0.15, 0.2) is 36.4 Å². The van der Waals surface area contributed by atoms with Crippen molar-refractivity contribution in [2.45, 2.75) is 25.7 Å². The lowest BCUT2D eigenvalue weighted by Gasteiger charge is -2.10. The van der Waals surface area contributed by atoms with Gasteiger partial charge in [-0.25, -0.2) is 0 Å². The minimum Gasteiger partial charge on any atom is -0.496 e. The molecule has 4 heteroatoms. The molecule has 0 radical (unpaired) electrons. The van der Waals surface area contributed by atoms with Gasteiger partial charge in [0.15, 0.2) is 0 Å². The van der Waals surface area contributed by atoms with Crippen molar-refractivity contribution in [2.24, 2.45) is 0 Å². The van der Waals surface area contributed by atoms with Gasteiger partial charge in [0, 0.05) is 16.3 Å². The molecule has 1 amide bonds. The summed E-state index contributed by atoms with van der Waals surface area (Å²) >= 11 is 5.99. The van der Waals surface area contributed by atoms with Gasteiger partial charge in [-0.1, -0.05) is 17.7 Å². The lowest BCUT2D eigenvalue weighted by atomic mass is 10.1. The fourth-order valence-corrected chi connectivity index (χ4v) is 3.11. The normalized spacial score (nSPS) is 12.8. The summed E-state index contributed by atoms with van der Waals surface area (Å²) in [5.41, 5.74) is 4.38. The van der Waals surface area contributed by atoms with Crippen molar-refractivity contribution in [1.29, 1.82) is 0 Å². The zero-order chi connectivity index (χ0) is 15.5. The second-order valence-electron chi connectivity index (χ2n) is 5.52. The lowest BCUT2D eigenvalue weighted by Crippen LogP contribution is -2.15. The van der Waals surface area contributed by atoms with Crippen LogP contribution in [0.1, 0.15) is 23.1 Å². The highest BCUT2D eigenvalue weighted by atomic mass is 35.5. The van der Waals surface area contributed by atoms with Crippen molar-refractivity contribution < 1.29 is 9.53 Å². The quantitative estimate of drug-likeness (QED) is 0.925. The van der Waals surface area contributed by atoms with Gasteiger partial charge in [-0.2, -0.15) is 0 Å². The first kappa shape index (κ1) is 14.9. The highest BCUT2D eigenvalue weighted by Gasteiger charge is 2.13. The number of halogens is 1. The second-order valence-corrected chi connectivity index (χ2v) is 5.95. The van der Waals surface area contributed by atoms with E-state index < -0.39 is 0 Å². The van der Waals surface area contributed by atoms with Gasteiger partial charge in [0.1, 0.15) is 5.75 Å². The zero-order valence-corrected chi connectivity index (χ0v) is 13.2. The predicted molar refractivity (Wildman–Crippen MR) is 88.8 cm³/mol. The number of carbonyl (C=O) groups is 1. The van der Waals surface area contributed by atoms with Gasteiger partial charge in [0.25, 0.3) is 0 Å². The Bertz CT molecular complexity index is 712. The number of amides is 1. The first-order valence-corrected chi connectivity index (χ1v) is 7.77. The Hall–Kier alpha value is -2.00. The van der Waals surface area contributed by atoms with Gasteiger partial charge in [0.05, 0.1) is 13.5 Å². The van der Waals surface area contributed by atoms with Crippen LogP contribution in [0.4, 0.5) is 5.69 Å². The average molecular weight is 316 g/mol. The second kappa shape index (κ2) is 6.41. The Morgan fingerprint density at radius 2 is 2.00 bits per heavy atom. The number of hydrogen-bond acceptors (Lipinski definition) is 2. The molecule has 0 heterocycles. The number of benzene rings is 2. The summed E-state index contributed by atoms with van der Waals surface area (Å²) < 4.78 is 5.27. The number of nitrogens with one attached hydrogen (secondary N) is 1. The molecule has 0 unspecified atom stereocenters. The molecule has 1 aliphatic carbocycles. The van der Waals surface area contributed by atoms with Crippen LogP contribution in [-0.2, 0) is 24.1 Å². The van der Waals surface area contributed by atoms with Crippen LogP contribution in [0.3, 0.4) is 0 Å². The van der Waals surface area contributed by atoms with Crippen molar-refractivity contribution >= 4 is 23.2 Å². The molecule has 2 aromatic rings. The summed E-state index contributed by atoms with van der Waals surface area (Å²) in [5, 5.41) is 3.55. The van der Waals surface area contributed by atoms with Crippen molar-refractivity contribution in [3.8, 4) is 5.75 Å². The summed E-state index contributed by atoms with van der Waals surface area (Å²) in [6, 6.07) is 11.5. The molecule has 1 aliphatic rings. The Kier molecular flexibility index (Phi) is 4.34. The van der Waals surface area contributed by atoms with E-state index >= 15 is 0 Å². The average Bonchev–Trinajstić information content (AvgIpc) is 2.95. The Morgan fingerprint density at radius 1 is 1.18 bits per heavy atom. The largest absolute Gasteiger partial charge is 0.496 e. The van der Waals surface area contributed by atoms with E-state index in [2.05, 4.69) is 17.4 Å². The summed E-state index contributed by atoms with van der Waals surface area (Å²) in [6.07, 6.45) is 3.68. The van der Waals surface area contributed by atoms with Gasteiger partial charge in [0.2, 0.25) is 5.91 Å². The van der Waals surface area contributed by atoms with Crippen LogP contribution < -0.4 is 10.1 Å². The van der Waals surface area contributed by atoms with Gasteiger partial charge >= 0.3 is 0 Å². The molecule has 0 atom stereocenters. The fraction of sp³-hybridized carbons (Fsp3) is 0.278. The molecule has 0 saturated carbocycles. The van der Waals surface area contributed by atoms with E-state index in [-0.39, 0.29) is 12.3 Å². The van der Waals surface area contributed by atoms with E-state index in [0.29, 0.717) is 10.8 Å². The highest BCUT2D eigenvalue weighted by molar-refractivity contribution is 6.30. The van der Waals surface area contributed by atoms with E-state index in [1.54, 1.807) is 25.3 Å². The first-order valence-electron chi connectivity index (χ1n) is 7.40. The molecule has 2 aromatic carbocycles. The van der Waals surface area contributed by atoms with Gasteiger partial charge in [-0.3, -0.25) is 4.79 Å². The maximum absolute atomic E-state index is 12.3. The third kappa shape index (κ3) is 3.25. The molecule has 0 bridgehead atoms. The molecule has 0 fully saturated rings. The smallest absolute Gasteiger partial charge is 0.228 e. The fourth-order valence-electron chi connectivity index (χ4n) is 2.91. The van der Waals surface area contributed by atoms with E-state index in [4.69, 9.17) is 16.3 Å². The monoisotopic (exact) mass is 315 g/mol. The van der Waals surface area contributed by atoms with Crippen LogP contribution >= 0.6 is 11.6 Å². The van der Waals surface area contributed by atoms with E-state index in [0.717, 1.165) is 24.1 Å². The van der Waals surface area contributed by atoms with Gasteiger partial charge in [-0.15, -0.1) is 0 Å². The Morgan fingerprint density at radius 3 is 2.82 bits per heavy atom. The molecular weight excluding hydrogens is 298 g/mol. The number of ether oxygens (including phenoxy) is 1. The van der Waals surface area contributed by atoms with E-state index in [1.807, 2.05) is 6.07 Å². The lowest BCUT2D eigenvalue weighted by molar-refractivity contribution is -0.115. The van der Waals surface area contributed by atoms with E-state index in [1.165, 1.54) is 17.5 Å². The molecule has 3 nitrogen and oxygen atoms in total. The van der Waals surface area contributed by atoms with Crippen molar-refractivity contribution in [3.05, 3.63) is 58.1 Å².